The Morgan fingerprint density at radius 1 is 1.07 bits per heavy atom. The molecule has 0 aromatic heterocycles. The van der Waals surface area contributed by atoms with Gasteiger partial charge in [-0.3, -0.25) is 9.79 Å². The number of aliphatic imine (C=N–C) groups is 2. The minimum Gasteiger partial charge on any atom is -0.325 e. The van der Waals surface area contributed by atoms with Crippen LogP contribution in [0.25, 0.3) is 0 Å². The third-order valence-electron chi connectivity index (χ3n) is 4.90. The quantitative estimate of drug-likeness (QED) is 0.624. The topological polar surface area (TPSA) is 53.8 Å². The molecule has 1 heterocycles. The number of halogens is 3. The lowest BCUT2D eigenvalue weighted by molar-refractivity contribution is -0.113. The van der Waals surface area contributed by atoms with E-state index >= 15 is 0 Å². The van der Waals surface area contributed by atoms with E-state index in [1.807, 2.05) is 6.07 Å². The summed E-state index contributed by atoms with van der Waals surface area (Å²) in [6, 6.07) is 11.1. The zero-order valence-corrected chi connectivity index (χ0v) is 17.8. The van der Waals surface area contributed by atoms with E-state index in [0.29, 0.717) is 15.7 Å². The normalized spacial score (nSPS) is 17.3. The molecule has 0 atom stereocenters. The highest BCUT2D eigenvalue weighted by Gasteiger charge is 2.39. The molecule has 0 saturated heterocycles. The Hall–Kier alpha value is -1.89. The molecule has 1 N–H and O–H groups in total. The predicted molar refractivity (Wildman–Crippen MR) is 119 cm³/mol. The number of nitrogens with zero attached hydrogens (tertiary/aromatic N) is 2. The monoisotopic (exact) mass is 449 g/mol. The number of carbonyl (C=O) groups excluding carboxylic acids is 1. The van der Waals surface area contributed by atoms with E-state index in [2.05, 4.69) is 5.32 Å². The van der Waals surface area contributed by atoms with Gasteiger partial charge in [-0.2, -0.15) is 0 Å². The molecule has 4 rings (SSSR count). The molecule has 0 radical (unpaired) electrons. The van der Waals surface area contributed by atoms with Gasteiger partial charge >= 0.3 is 0 Å². The molecule has 0 bridgehead atoms. The fraction of sp³-hybridized carbons (Fsp3) is 0.286. The van der Waals surface area contributed by atoms with Crippen molar-refractivity contribution < 1.29 is 9.18 Å². The smallest absolute Gasteiger partial charge is 0.234 e. The van der Waals surface area contributed by atoms with E-state index in [1.165, 1.54) is 36.0 Å². The number of carbonyl (C=O) groups is 1. The van der Waals surface area contributed by atoms with Crippen LogP contribution < -0.4 is 5.32 Å². The lowest BCUT2D eigenvalue weighted by Gasteiger charge is -2.14. The zero-order valence-electron chi connectivity index (χ0n) is 15.4. The molecule has 2 aliphatic rings. The molecule has 2 aromatic carbocycles. The minimum absolute atomic E-state index is 0.173. The summed E-state index contributed by atoms with van der Waals surface area (Å²) < 4.78 is 13.0. The van der Waals surface area contributed by atoms with Gasteiger partial charge in [0.1, 0.15) is 10.9 Å². The van der Waals surface area contributed by atoms with Crippen molar-refractivity contribution >= 4 is 57.3 Å². The molecule has 1 aliphatic carbocycles. The average molecular weight is 450 g/mol. The van der Waals surface area contributed by atoms with Crippen LogP contribution in [0.15, 0.2) is 52.4 Å². The predicted octanol–water partition coefficient (Wildman–Crippen LogP) is 5.98. The zero-order chi connectivity index (χ0) is 20.4. The van der Waals surface area contributed by atoms with Gasteiger partial charge in [-0.1, -0.05) is 41.0 Å². The summed E-state index contributed by atoms with van der Waals surface area (Å²) in [7, 11) is 0. The Kier molecular flexibility index (Phi) is 5.95. The van der Waals surface area contributed by atoms with Crippen LogP contribution in [0.3, 0.4) is 0 Å². The minimum atomic E-state index is -0.419. The van der Waals surface area contributed by atoms with E-state index in [9.17, 15) is 9.18 Å². The van der Waals surface area contributed by atoms with Crippen molar-refractivity contribution in [3.63, 3.8) is 0 Å². The van der Waals surface area contributed by atoms with Gasteiger partial charge in [-0.25, -0.2) is 9.38 Å². The fourth-order valence-corrected chi connectivity index (χ4v) is 4.66. The summed E-state index contributed by atoms with van der Waals surface area (Å²) in [6.07, 6.45) is 3.99. The molecule has 2 aromatic rings. The summed E-state index contributed by atoms with van der Waals surface area (Å²) in [5.41, 5.74) is 1.73. The van der Waals surface area contributed by atoms with Gasteiger partial charge in [0.15, 0.2) is 5.66 Å². The third-order valence-corrected chi connectivity index (χ3v) is 6.60. The second-order valence-electron chi connectivity index (χ2n) is 7.04. The molecule has 29 heavy (non-hydrogen) atoms. The molecular formula is C21H18Cl2FN3OS. The van der Waals surface area contributed by atoms with Gasteiger partial charge in [-0.05, 0) is 62.1 Å². The Morgan fingerprint density at radius 2 is 1.79 bits per heavy atom. The summed E-state index contributed by atoms with van der Waals surface area (Å²) in [4.78, 5) is 22.2. The van der Waals surface area contributed by atoms with E-state index in [-0.39, 0.29) is 17.5 Å². The maximum absolute atomic E-state index is 13.0. The second-order valence-corrected chi connectivity index (χ2v) is 8.82. The number of hydrogen-bond acceptors (Lipinski definition) is 4. The maximum Gasteiger partial charge on any atom is 0.234 e. The Balaban J connectivity index is 1.50. The van der Waals surface area contributed by atoms with E-state index in [1.54, 1.807) is 12.1 Å². The molecule has 8 heteroatoms. The molecule has 1 saturated carbocycles. The van der Waals surface area contributed by atoms with Crippen LogP contribution in [-0.4, -0.2) is 28.1 Å². The highest BCUT2D eigenvalue weighted by atomic mass is 35.5. The van der Waals surface area contributed by atoms with Crippen molar-refractivity contribution in [2.45, 2.75) is 31.3 Å². The summed E-state index contributed by atoms with van der Waals surface area (Å²) in [6.45, 7) is 0. The van der Waals surface area contributed by atoms with Gasteiger partial charge in [0.25, 0.3) is 0 Å². The molecule has 1 fully saturated rings. The first-order valence-corrected chi connectivity index (χ1v) is 11.0. The van der Waals surface area contributed by atoms with Crippen LogP contribution in [0, 0.1) is 5.82 Å². The lowest BCUT2D eigenvalue weighted by Crippen LogP contribution is -2.17. The van der Waals surface area contributed by atoms with Crippen LogP contribution in [0.2, 0.25) is 10.0 Å². The van der Waals surface area contributed by atoms with Crippen molar-refractivity contribution in [3.05, 3.63) is 63.9 Å². The molecule has 150 valence electrons. The maximum atomic E-state index is 13.0. The average Bonchev–Trinajstić information content (AvgIpc) is 3.31. The fourth-order valence-electron chi connectivity index (χ4n) is 3.48. The first-order chi connectivity index (χ1) is 13.9. The van der Waals surface area contributed by atoms with Crippen molar-refractivity contribution in [2.75, 3.05) is 11.1 Å². The number of rotatable bonds is 4. The van der Waals surface area contributed by atoms with Crippen molar-refractivity contribution in [1.29, 1.82) is 0 Å². The number of thioether (sulfide) groups is 1. The van der Waals surface area contributed by atoms with Gasteiger partial charge in [0.05, 0.1) is 21.5 Å². The van der Waals surface area contributed by atoms with Gasteiger partial charge in [0.2, 0.25) is 5.91 Å². The standard InChI is InChI=1S/C21H18Cl2FN3OS/c22-16-8-3-13(11-17(16)23)19-20(27-21(26-19)9-1-2-10-21)29-12-18(28)25-15-6-4-14(24)5-7-15/h3-8,11H,1-2,9-10,12H2,(H,25,28). The Morgan fingerprint density at radius 3 is 2.48 bits per heavy atom. The lowest BCUT2D eigenvalue weighted by atomic mass is 10.1. The highest BCUT2D eigenvalue weighted by Crippen LogP contribution is 2.40. The van der Waals surface area contributed by atoms with Gasteiger partial charge in [-0.15, -0.1) is 0 Å². The van der Waals surface area contributed by atoms with Crippen LogP contribution in [-0.2, 0) is 4.79 Å². The first kappa shape index (κ1) is 20.4. The molecule has 1 spiro atoms. The molecule has 4 nitrogen and oxygen atoms in total. The first-order valence-electron chi connectivity index (χ1n) is 9.28. The summed E-state index contributed by atoms with van der Waals surface area (Å²) in [5.74, 6) is -0.362. The molecular weight excluding hydrogens is 432 g/mol. The SMILES string of the molecule is O=C(CSC1=NC2(CCCC2)N=C1c1ccc(Cl)c(Cl)c1)Nc1ccc(F)cc1. The highest BCUT2D eigenvalue weighted by molar-refractivity contribution is 8.16. The van der Waals surface area contributed by atoms with E-state index in [4.69, 9.17) is 33.2 Å². The molecule has 0 unspecified atom stereocenters. The largest absolute Gasteiger partial charge is 0.325 e. The second kappa shape index (κ2) is 8.46. The molecule has 1 amide bonds. The van der Waals surface area contributed by atoms with E-state index in [0.717, 1.165) is 42.0 Å². The number of nitrogens with one attached hydrogen (secondary N) is 1. The third kappa shape index (κ3) is 4.65. The van der Waals surface area contributed by atoms with Crippen molar-refractivity contribution in [1.82, 2.24) is 0 Å². The number of hydrogen-bond donors (Lipinski definition) is 1. The van der Waals surface area contributed by atoms with Crippen LogP contribution in [0.4, 0.5) is 10.1 Å². The summed E-state index contributed by atoms with van der Waals surface area (Å²) in [5, 5.41) is 4.44. The summed E-state index contributed by atoms with van der Waals surface area (Å²) >= 11 is 13.6. The van der Waals surface area contributed by atoms with Crippen LogP contribution in [0.5, 0.6) is 0 Å². The van der Waals surface area contributed by atoms with Crippen LogP contribution in [0.1, 0.15) is 31.2 Å². The number of anilines is 1. The Bertz CT molecular complexity index is 1000. The van der Waals surface area contributed by atoms with E-state index < -0.39 is 5.66 Å². The number of amides is 1. The number of benzene rings is 2. The Labute approximate surface area is 182 Å². The van der Waals surface area contributed by atoms with Crippen molar-refractivity contribution in [3.8, 4) is 0 Å². The molecule has 1 aliphatic heterocycles. The van der Waals surface area contributed by atoms with Crippen LogP contribution >= 0.6 is 35.0 Å². The van der Waals surface area contributed by atoms with Gasteiger partial charge < -0.3 is 5.32 Å². The van der Waals surface area contributed by atoms with Gasteiger partial charge in [0, 0.05) is 11.3 Å². The van der Waals surface area contributed by atoms with Crippen molar-refractivity contribution in [2.24, 2.45) is 9.98 Å².